The Balaban J connectivity index is 1.57. The number of aryl methyl sites for hydroxylation is 1. The molecule has 3 heterocycles. The molecule has 2 fully saturated rings. The molecule has 124 valence electrons. The Kier molecular flexibility index (Phi) is 5.68. The minimum absolute atomic E-state index is 0.145. The maximum atomic E-state index is 11.9. The topological polar surface area (TPSA) is 43.7 Å². The SMILES string of the molecule is Cc1csc(=O)n1CCN(C[C@@H]1CCCO1)C[C@@H]1CCCO1. The van der Waals surface area contributed by atoms with E-state index in [1.807, 2.05) is 16.9 Å². The Morgan fingerprint density at radius 2 is 1.86 bits per heavy atom. The molecule has 2 aliphatic heterocycles. The molecular formula is C16H26N2O3S. The molecule has 1 aromatic rings. The van der Waals surface area contributed by atoms with Gasteiger partial charge in [-0.25, -0.2) is 0 Å². The summed E-state index contributed by atoms with van der Waals surface area (Å²) in [7, 11) is 0. The van der Waals surface area contributed by atoms with E-state index in [2.05, 4.69) is 4.90 Å². The van der Waals surface area contributed by atoms with Crippen molar-refractivity contribution >= 4 is 11.3 Å². The van der Waals surface area contributed by atoms with Crippen LogP contribution in [-0.4, -0.2) is 54.5 Å². The lowest BCUT2D eigenvalue weighted by Gasteiger charge is -2.27. The average molecular weight is 326 g/mol. The third-order valence-electron chi connectivity index (χ3n) is 4.59. The van der Waals surface area contributed by atoms with E-state index in [0.29, 0.717) is 12.2 Å². The van der Waals surface area contributed by atoms with Gasteiger partial charge in [-0.05, 0) is 32.6 Å². The van der Waals surface area contributed by atoms with Gasteiger partial charge < -0.3 is 14.0 Å². The highest BCUT2D eigenvalue weighted by Gasteiger charge is 2.23. The summed E-state index contributed by atoms with van der Waals surface area (Å²) in [4.78, 5) is 14.4. The first kappa shape index (κ1) is 16.2. The van der Waals surface area contributed by atoms with Gasteiger partial charge in [-0.1, -0.05) is 11.3 Å². The molecule has 2 aliphatic rings. The summed E-state index contributed by atoms with van der Waals surface area (Å²) in [6, 6.07) is 0. The van der Waals surface area contributed by atoms with Gasteiger partial charge in [0.25, 0.3) is 0 Å². The van der Waals surface area contributed by atoms with E-state index in [9.17, 15) is 4.79 Å². The van der Waals surface area contributed by atoms with Crippen molar-refractivity contribution in [2.75, 3.05) is 32.8 Å². The number of ether oxygens (including phenoxy) is 2. The predicted octanol–water partition coefficient (Wildman–Crippen LogP) is 1.88. The van der Waals surface area contributed by atoms with Crippen LogP contribution in [0, 0.1) is 6.92 Å². The number of rotatable bonds is 7. The average Bonchev–Trinajstić information content (AvgIpc) is 3.22. The minimum Gasteiger partial charge on any atom is -0.377 e. The molecule has 0 N–H and O–H groups in total. The molecule has 1 aromatic heterocycles. The third-order valence-corrected chi connectivity index (χ3v) is 5.47. The maximum Gasteiger partial charge on any atom is 0.307 e. The molecule has 3 rings (SSSR count). The molecular weight excluding hydrogens is 300 g/mol. The van der Waals surface area contributed by atoms with Crippen LogP contribution in [0.4, 0.5) is 0 Å². The van der Waals surface area contributed by atoms with Crippen LogP contribution in [0.5, 0.6) is 0 Å². The Hall–Kier alpha value is -0.690. The summed E-state index contributed by atoms with van der Waals surface area (Å²) < 4.78 is 13.4. The Morgan fingerprint density at radius 3 is 2.32 bits per heavy atom. The number of nitrogens with zero attached hydrogens (tertiary/aromatic N) is 2. The fourth-order valence-electron chi connectivity index (χ4n) is 3.33. The molecule has 0 unspecified atom stereocenters. The van der Waals surface area contributed by atoms with E-state index in [4.69, 9.17) is 9.47 Å². The highest BCUT2D eigenvalue weighted by atomic mass is 32.1. The van der Waals surface area contributed by atoms with Crippen LogP contribution < -0.4 is 4.87 Å². The number of aromatic nitrogens is 1. The molecule has 0 aliphatic carbocycles. The molecule has 6 heteroatoms. The molecule has 5 nitrogen and oxygen atoms in total. The van der Waals surface area contributed by atoms with Gasteiger partial charge in [0.1, 0.15) is 0 Å². The summed E-state index contributed by atoms with van der Waals surface area (Å²) >= 11 is 1.29. The predicted molar refractivity (Wildman–Crippen MR) is 87.7 cm³/mol. The number of thiazole rings is 1. The lowest BCUT2D eigenvalue weighted by molar-refractivity contribution is 0.0363. The maximum absolute atomic E-state index is 11.9. The van der Waals surface area contributed by atoms with Gasteiger partial charge in [-0.15, -0.1) is 0 Å². The van der Waals surface area contributed by atoms with Crippen molar-refractivity contribution in [3.05, 3.63) is 20.7 Å². The Labute approximate surface area is 135 Å². The standard InChI is InChI=1S/C16H26N2O3S/c1-13-12-22-16(19)18(13)7-6-17(10-14-4-2-8-20-14)11-15-5-3-9-21-15/h12,14-15H,2-11H2,1H3/t14-,15-/m0/s1. The summed E-state index contributed by atoms with van der Waals surface area (Å²) in [5, 5.41) is 1.94. The van der Waals surface area contributed by atoms with Crippen molar-refractivity contribution in [2.45, 2.75) is 51.4 Å². The summed E-state index contributed by atoms with van der Waals surface area (Å²) in [6.07, 6.45) is 5.34. The molecule has 0 spiro atoms. The van der Waals surface area contributed by atoms with Gasteiger partial charge in [-0.2, -0.15) is 0 Å². The van der Waals surface area contributed by atoms with Gasteiger partial charge in [-0.3, -0.25) is 9.69 Å². The highest BCUT2D eigenvalue weighted by Crippen LogP contribution is 2.17. The summed E-state index contributed by atoms with van der Waals surface area (Å²) in [5.41, 5.74) is 1.06. The summed E-state index contributed by atoms with van der Waals surface area (Å²) in [5.74, 6) is 0. The van der Waals surface area contributed by atoms with Gasteiger partial charge in [0.15, 0.2) is 0 Å². The molecule has 2 atom stereocenters. The van der Waals surface area contributed by atoms with Crippen LogP contribution in [0.15, 0.2) is 10.2 Å². The van der Waals surface area contributed by atoms with E-state index in [1.165, 1.54) is 24.2 Å². The Bertz CT molecular complexity index is 498. The zero-order valence-electron chi connectivity index (χ0n) is 13.3. The van der Waals surface area contributed by atoms with Crippen LogP contribution in [0.2, 0.25) is 0 Å². The van der Waals surface area contributed by atoms with Crippen molar-refractivity contribution in [1.82, 2.24) is 9.47 Å². The molecule has 0 amide bonds. The third kappa shape index (κ3) is 4.19. The van der Waals surface area contributed by atoms with Crippen LogP contribution in [0.3, 0.4) is 0 Å². The van der Waals surface area contributed by atoms with E-state index >= 15 is 0 Å². The zero-order valence-corrected chi connectivity index (χ0v) is 14.1. The van der Waals surface area contributed by atoms with Gasteiger partial charge in [0.2, 0.25) is 0 Å². The molecule has 0 radical (unpaired) electrons. The number of hydrogen-bond acceptors (Lipinski definition) is 5. The first-order valence-corrected chi connectivity index (χ1v) is 9.21. The largest absolute Gasteiger partial charge is 0.377 e. The highest BCUT2D eigenvalue weighted by molar-refractivity contribution is 7.07. The fourth-order valence-corrected chi connectivity index (χ4v) is 4.09. The quantitative estimate of drug-likeness (QED) is 0.767. The Morgan fingerprint density at radius 1 is 1.23 bits per heavy atom. The van der Waals surface area contributed by atoms with E-state index in [0.717, 1.165) is 57.9 Å². The lowest BCUT2D eigenvalue weighted by Crippen LogP contribution is -2.40. The molecule has 0 bridgehead atoms. The molecule has 0 aromatic carbocycles. The zero-order chi connectivity index (χ0) is 15.4. The van der Waals surface area contributed by atoms with Gasteiger partial charge >= 0.3 is 4.87 Å². The second kappa shape index (κ2) is 7.73. The summed E-state index contributed by atoms with van der Waals surface area (Å²) in [6.45, 7) is 7.34. The first-order chi connectivity index (χ1) is 10.7. The van der Waals surface area contributed by atoms with Crippen molar-refractivity contribution in [3.8, 4) is 0 Å². The molecule has 0 saturated carbocycles. The van der Waals surface area contributed by atoms with Crippen molar-refractivity contribution in [3.63, 3.8) is 0 Å². The first-order valence-electron chi connectivity index (χ1n) is 8.33. The monoisotopic (exact) mass is 326 g/mol. The van der Waals surface area contributed by atoms with Gasteiger partial charge in [0, 0.05) is 50.5 Å². The van der Waals surface area contributed by atoms with Crippen LogP contribution in [0.1, 0.15) is 31.4 Å². The normalized spacial score (nSPS) is 25.4. The van der Waals surface area contributed by atoms with Crippen molar-refractivity contribution in [1.29, 1.82) is 0 Å². The van der Waals surface area contributed by atoms with Crippen molar-refractivity contribution in [2.24, 2.45) is 0 Å². The molecule has 22 heavy (non-hydrogen) atoms. The van der Waals surface area contributed by atoms with Crippen LogP contribution in [-0.2, 0) is 16.0 Å². The van der Waals surface area contributed by atoms with E-state index in [-0.39, 0.29) is 4.87 Å². The smallest absolute Gasteiger partial charge is 0.307 e. The lowest BCUT2D eigenvalue weighted by atomic mass is 10.2. The van der Waals surface area contributed by atoms with Gasteiger partial charge in [0.05, 0.1) is 12.2 Å². The van der Waals surface area contributed by atoms with E-state index in [1.54, 1.807) is 0 Å². The van der Waals surface area contributed by atoms with Crippen LogP contribution >= 0.6 is 11.3 Å². The minimum atomic E-state index is 0.145. The second-order valence-electron chi connectivity index (χ2n) is 6.32. The van der Waals surface area contributed by atoms with Crippen molar-refractivity contribution < 1.29 is 9.47 Å². The fraction of sp³-hybridized carbons (Fsp3) is 0.812. The second-order valence-corrected chi connectivity index (χ2v) is 7.14. The molecule has 2 saturated heterocycles. The van der Waals surface area contributed by atoms with E-state index < -0.39 is 0 Å². The van der Waals surface area contributed by atoms with Crippen LogP contribution in [0.25, 0.3) is 0 Å². The number of hydrogen-bond donors (Lipinski definition) is 0.